The van der Waals surface area contributed by atoms with E-state index in [2.05, 4.69) is 10.00 Å². The van der Waals surface area contributed by atoms with Crippen LogP contribution in [0.4, 0.5) is 5.69 Å². The number of likely N-dealkylation sites (tertiary alicyclic amines) is 1. The molecule has 3 heterocycles. The van der Waals surface area contributed by atoms with E-state index in [-0.39, 0.29) is 23.6 Å². The molecule has 2 aliphatic heterocycles. The summed E-state index contributed by atoms with van der Waals surface area (Å²) >= 11 is 6.26. The van der Waals surface area contributed by atoms with Crippen molar-refractivity contribution in [1.82, 2.24) is 14.7 Å². The zero-order valence-corrected chi connectivity index (χ0v) is 20.5. The Hall–Kier alpha value is -2.62. The van der Waals surface area contributed by atoms with Crippen molar-refractivity contribution in [3.8, 4) is 5.75 Å². The van der Waals surface area contributed by atoms with Crippen LogP contribution in [0.1, 0.15) is 41.9 Å². The highest BCUT2D eigenvalue weighted by molar-refractivity contribution is 6.33. The molecule has 0 spiro atoms. The first-order valence-electron chi connectivity index (χ1n) is 11.5. The van der Waals surface area contributed by atoms with Crippen molar-refractivity contribution < 1.29 is 19.4 Å². The number of aromatic nitrogens is 2. The number of carbonyl (C=O) groups excluding carboxylic acids is 1. The van der Waals surface area contributed by atoms with E-state index < -0.39 is 17.7 Å². The molecule has 3 N–H and O–H groups in total. The average Bonchev–Trinajstić information content (AvgIpc) is 3.11. The van der Waals surface area contributed by atoms with E-state index in [0.717, 1.165) is 17.8 Å². The first kappa shape index (κ1) is 24.5. The lowest BCUT2D eigenvalue weighted by Crippen LogP contribution is -2.46. The van der Waals surface area contributed by atoms with Crippen molar-refractivity contribution in [2.45, 2.75) is 51.9 Å². The number of halogens is 1. The van der Waals surface area contributed by atoms with Crippen molar-refractivity contribution in [3.05, 3.63) is 50.4 Å². The fourth-order valence-corrected chi connectivity index (χ4v) is 4.75. The second-order valence-electron chi connectivity index (χ2n) is 9.72. The Kier molecular flexibility index (Phi) is 6.89. The van der Waals surface area contributed by atoms with Gasteiger partial charge in [0.15, 0.2) is 0 Å². The van der Waals surface area contributed by atoms with Gasteiger partial charge in [0.2, 0.25) is 0 Å². The molecule has 1 fully saturated rings. The van der Waals surface area contributed by atoms with Crippen LogP contribution in [0.2, 0.25) is 5.02 Å². The lowest BCUT2D eigenvalue weighted by atomic mass is 9.94. The molecular weight excluding hydrogens is 460 g/mol. The Labute approximate surface area is 203 Å². The third-order valence-electron chi connectivity index (χ3n) is 6.43. The van der Waals surface area contributed by atoms with Crippen LogP contribution in [0.3, 0.4) is 0 Å². The Morgan fingerprint density at radius 3 is 2.88 bits per heavy atom. The maximum Gasteiger partial charge on any atom is 0.341 e. The lowest BCUT2D eigenvalue weighted by molar-refractivity contribution is -0.0155. The summed E-state index contributed by atoms with van der Waals surface area (Å²) in [6, 6.07) is 4.68. The summed E-state index contributed by atoms with van der Waals surface area (Å²) in [5, 5.41) is 15.2. The lowest BCUT2D eigenvalue weighted by Gasteiger charge is -2.35. The second kappa shape index (κ2) is 9.56. The number of esters is 1. The van der Waals surface area contributed by atoms with Gasteiger partial charge in [-0.15, -0.1) is 0 Å². The minimum absolute atomic E-state index is 0.0902. The molecule has 0 saturated carbocycles. The minimum Gasteiger partial charge on any atom is -0.486 e. The van der Waals surface area contributed by atoms with Crippen molar-refractivity contribution in [2.75, 3.05) is 32.0 Å². The number of benzene rings is 1. The molecule has 0 amide bonds. The maximum atomic E-state index is 12.9. The summed E-state index contributed by atoms with van der Waals surface area (Å²) in [6.07, 6.45) is 0.560. The number of hydrogen-bond acceptors (Lipinski definition) is 8. The van der Waals surface area contributed by atoms with Gasteiger partial charge in [-0.3, -0.25) is 9.69 Å². The predicted molar refractivity (Wildman–Crippen MR) is 128 cm³/mol. The number of nitrogens with zero attached hydrogens (tertiary/aromatic N) is 3. The summed E-state index contributed by atoms with van der Waals surface area (Å²) in [5.74, 6) is -0.308. The quantitative estimate of drug-likeness (QED) is 0.466. The number of fused-ring (bicyclic) bond motifs is 1. The molecule has 10 heteroatoms. The number of nitrogen functional groups attached to an aromatic ring is 1. The molecule has 9 nitrogen and oxygen atoms in total. The average molecular weight is 491 g/mol. The molecule has 2 aliphatic rings. The summed E-state index contributed by atoms with van der Waals surface area (Å²) < 4.78 is 13.0. The van der Waals surface area contributed by atoms with Crippen molar-refractivity contribution in [1.29, 1.82) is 0 Å². The standard InChI is InChI=1S/C24H31ClN4O5/c1-14-4-5-20(31)29(27-14)9-8-28-7-6-15(19(30)12-28)13-33-23(32)16-10-18(25)21(26)17-11-24(2,3)34-22(16)17/h4-5,10,15,19,30H,6-9,11-13,26H2,1-3H3/t15-,19+/m0/s1. The molecule has 1 aromatic heterocycles. The maximum absolute atomic E-state index is 12.9. The molecule has 34 heavy (non-hydrogen) atoms. The fourth-order valence-electron chi connectivity index (χ4n) is 4.53. The van der Waals surface area contributed by atoms with Gasteiger partial charge in [-0.25, -0.2) is 9.48 Å². The number of β-amino-alcohol motifs (C(OH)–C–C–N with tert-alkyl or cyclic N) is 1. The van der Waals surface area contributed by atoms with Gasteiger partial charge < -0.3 is 20.3 Å². The van der Waals surface area contributed by atoms with Crippen LogP contribution in [0.15, 0.2) is 23.0 Å². The third kappa shape index (κ3) is 5.21. The van der Waals surface area contributed by atoms with Crippen LogP contribution in [0.5, 0.6) is 5.75 Å². The molecule has 2 atom stereocenters. The number of ether oxygens (including phenoxy) is 2. The number of anilines is 1. The number of aliphatic hydroxyl groups is 1. The van der Waals surface area contributed by atoms with Crippen LogP contribution in [0, 0.1) is 12.8 Å². The second-order valence-corrected chi connectivity index (χ2v) is 10.1. The van der Waals surface area contributed by atoms with Crippen LogP contribution >= 0.6 is 11.6 Å². The zero-order valence-electron chi connectivity index (χ0n) is 19.7. The number of aryl methyl sites for hydroxylation is 1. The zero-order chi connectivity index (χ0) is 24.6. The van der Waals surface area contributed by atoms with Gasteiger partial charge in [-0.2, -0.15) is 5.10 Å². The summed E-state index contributed by atoms with van der Waals surface area (Å²) in [6.45, 7) is 7.98. The molecule has 4 rings (SSSR count). The van der Waals surface area contributed by atoms with Crippen molar-refractivity contribution in [3.63, 3.8) is 0 Å². The SMILES string of the molecule is Cc1ccc(=O)n(CCN2CC[C@@H](COC(=O)c3cc(Cl)c(N)c4c3OC(C)(C)C4)[C@H](O)C2)n1. The van der Waals surface area contributed by atoms with Crippen molar-refractivity contribution >= 4 is 23.3 Å². The van der Waals surface area contributed by atoms with Crippen LogP contribution < -0.4 is 16.0 Å². The number of hydrogen-bond donors (Lipinski definition) is 2. The van der Waals surface area contributed by atoms with Gasteiger partial charge in [0.05, 0.1) is 35.7 Å². The minimum atomic E-state index is -0.653. The summed E-state index contributed by atoms with van der Waals surface area (Å²) in [7, 11) is 0. The van der Waals surface area contributed by atoms with Crippen LogP contribution in [0.25, 0.3) is 0 Å². The number of nitrogens with two attached hydrogens (primary N) is 1. The normalized spacial score (nSPS) is 21.7. The molecule has 0 radical (unpaired) electrons. The molecular formula is C24H31ClN4O5. The van der Waals surface area contributed by atoms with E-state index in [9.17, 15) is 14.7 Å². The molecule has 0 aliphatic carbocycles. The van der Waals surface area contributed by atoms with E-state index in [1.165, 1.54) is 16.8 Å². The number of carbonyl (C=O) groups is 1. The molecule has 1 aromatic carbocycles. The van der Waals surface area contributed by atoms with E-state index in [0.29, 0.717) is 48.9 Å². The van der Waals surface area contributed by atoms with Crippen LogP contribution in [-0.2, 0) is 17.7 Å². The van der Waals surface area contributed by atoms with Crippen molar-refractivity contribution in [2.24, 2.45) is 5.92 Å². The number of rotatable bonds is 6. The largest absolute Gasteiger partial charge is 0.486 e. The van der Waals surface area contributed by atoms with Gasteiger partial charge in [-0.1, -0.05) is 11.6 Å². The highest BCUT2D eigenvalue weighted by Crippen LogP contribution is 2.44. The highest BCUT2D eigenvalue weighted by atomic mass is 35.5. The highest BCUT2D eigenvalue weighted by Gasteiger charge is 2.37. The fraction of sp³-hybridized carbons (Fsp3) is 0.542. The van der Waals surface area contributed by atoms with Gasteiger partial charge in [-0.05, 0) is 45.9 Å². The molecule has 1 saturated heterocycles. The smallest absolute Gasteiger partial charge is 0.341 e. The Bertz CT molecular complexity index is 1150. The number of piperidine rings is 1. The van der Waals surface area contributed by atoms with Gasteiger partial charge in [0, 0.05) is 37.1 Å². The Morgan fingerprint density at radius 1 is 1.38 bits per heavy atom. The Balaban J connectivity index is 1.33. The molecule has 0 unspecified atom stereocenters. The topological polar surface area (TPSA) is 120 Å². The third-order valence-corrected chi connectivity index (χ3v) is 6.75. The number of aliphatic hydroxyl groups excluding tert-OH is 1. The van der Waals surface area contributed by atoms with Gasteiger partial charge >= 0.3 is 5.97 Å². The van der Waals surface area contributed by atoms with Gasteiger partial charge in [0.1, 0.15) is 16.9 Å². The first-order valence-corrected chi connectivity index (χ1v) is 11.8. The van der Waals surface area contributed by atoms with E-state index in [1.807, 2.05) is 20.8 Å². The van der Waals surface area contributed by atoms with E-state index in [4.69, 9.17) is 26.8 Å². The van der Waals surface area contributed by atoms with Crippen LogP contribution in [-0.4, -0.2) is 63.7 Å². The predicted octanol–water partition coefficient (Wildman–Crippen LogP) is 2.04. The van der Waals surface area contributed by atoms with E-state index in [1.54, 1.807) is 6.07 Å². The summed E-state index contributed by atoms with van der Waals surface area (Å²) in [5.41, 5.74) is 7.64. The molecule has 0 bridgehead atoms. The molecule has 184 valence electrons. The monoisotopic (exact) mass is 490 g/mol. The Morgan fingerprint density at radius 2 is 2.15 bits per heavy atom. The molecule has 2 aromatic rings. The summed E-state index contributed by atoms with van der Waals surface area (Å²) in [4.78, 5) is 26.9. The first-order chi connectivity index (χ1) is 16.0. The van der Waals surface area contributed by atoms with Gasteiger partial charge in [0.25, 0.3) is 5.56 Å². The van der Waals surface area contributed by atoms with E-state index >= 15 is 0 Å².